The van der Waals surface area contributed by atoms with Crippen LogP contribution in [0.15, 0.2) is 12.4 Å². The first-order chi connectivity index (χ1) is 8.49. The SMILES string of the molecule is CC(C)CCCC(C)Nc1cnc(C(N)=S)cn1. The molecule has 0 amide bonds. The highest BCUT2D eigenvalue weighted by atomic mass is 32.1. The van der Waals surface area contributed by atoms with Gasteiger partial charge in [-0.25, -0.2) is 9.97 Å². The highest BCUT2D eigenvalue weighted by Crippen LogP contribution is 2.11. The number of anilines is 1. The molecule has 0 radical (unpaired) electrons. The number of nitrogens with zero attached hydrogens (tertiary/aromatic N) is 2. The van der Waals surface area contributed by atoms with Gasteiger partial charge in [-0.05, 0) is 19.3 Å². The molecule has 1 aromatic rings. The maximum atomic E-state index is 5.47. The van der Waals surface area contributed by atoms with Gasteiger partial charge in [0.15, 0.2) is 0 Å². The zero-order valence-electron chi connectivity index (χ0n) is 11.3. The molecule has 0 aliphatic carbocycles. The van der Waals surface area contributed by atoms with Gasteiger partial charge in [-0.15, -0.1) is 0 Å². The van der Waals surface area contributed by atoms with E-state index in [1.165, 1.54) is 12.8 Å². The molecule has 1 heterocycles. The van der Waals surface area contributed by atoms with Gasteiger partial charge in [-0.3, -0.25) is 0 Å². The molecule has 0 aliphatic rings. The third-order valence-corrected chi connectivity index (χ3v) is 2.93. The topological polar surface area (TPSA) is 63.8 Å². The highest BCUT2D eigenvalue weighted by molar-refractivity contribution is 7.80. The monoisotopic (exact) mass is 266 g/mol. The molecule has 0 bridgehead atoms. The van der Waals surface area contributed by atoms with E-state index < -0.39 is 0 Å². The summed E-state index contributed by atoms with van der Waals surface area (Å²) in [5.41, 5.74) is 6.03. The van der Waals surface area contributed by atoms with Gasteiger partial charge in [0.25, 0.3) is 0 Å². The second-order valence-electron chi connectivity index (χ2n) is 5.02. The summed E-state index contributed by atoms with van der Waals surface area (Å²) in [6.45, 7) is 6.65. The number of hydrogen-bond acceptors (Lipinski definition) is 4. The van der Waals surface area contributed by atoms with Crippen LogP contribution in [0.25, 0.3) is 0 Å². The molecule has 5 heteroatoms. The Kier molecular flexibility index (Phi) is 5.98. The first kappa shape index (κ1) is 14.8. The van der Waals surface area contributed by atoms with E-state index in [1.54, 1.807) is 12.4 Å². The van der Waals surface area contributed by atoms with Crippen LogP contribution in [0, 0.1) is 5.92 Å². The lowest BCUT2D eigenvalue weighted by Gasteiger charge is -2.14. The molecule has 1 rings (SSSR count). The van der Waals surface area contributed by atoms with Crippen molar-refractivity contribution in [2.24, 2.45) is 11.7 Å². The summed E-state index contributed by atoms with van der Waals surface area (Å²) in [7, 11) is 0. The van der Waals surface area contributed by atoms with Crippen molar-refractivity contribution in [3.63, 3.8) is 0 Å². The van der Waals surface area contributed by atoms with Crippen LogP contribution in [0.1, 0.15) is 45.7 Å². The van der Waals surface area contributed by atoms with E-state index in [9.17, 15) is 0 Å². The number of nitrogens with two attached hydrogens (primary N) is 1. The molecule has 0 spiro atoms. The second kappa shape index (κ2) is 7.26. The van der Waals surface area contributed by atoms with Gasteiger partial charge in [0.2, 0.25) is 0 Å². The quantitative estimate of drug-likeness (QED) is 0.743. The Morgan fingerprint density at radius 3 is 2.50 bits per heavy atom. The van der Waals surface area contributed by atoms with E-state index in [4.69, 9.17) is 18.0 Å². The summed E-state index contributed by atoms with van der Waals surface area (Å²) in [6.07, 6.45) is 6.90. The molecule has 3 N–H and O–H groups in total. The van der Waals surface area contributed by atoms with E-state index >= 15 is 0 Å². The van der Waals surface area contributed by atoms with E-state index in [2.05, 4.69) is 36.1 Å². The Morgan fingerprint density at radius 1 is 1.28 bits per heavy atom. The Bertz CT molecular complexity index is 375. The molecule has 0 saturated carbocycles. The maximum Gasteiger partial charge on any atom is 0.144 e. The van der Waals surface area contributed by atoms with Crippen LogP contribution in [0.2, 0.25) is 0 Å². The average Bonchev–Trinajstić information content (AvgIpc) is 2.29. The standard InChI is InChI=1S/C13H22N4S/c1-9(2)5-4-6-10(3)17-12-8-15-11(7-16-12)13(14)18/h7-10H,4-6H2,1-3H3,(H2,14,18)(H,16,17). The lowest BCUT2D eigenvalue weighted by molar-refractivity contribution is 0.520. The molecule has 1 unspecified atom stereocenters. The van der Waals surface area contributed by atoms with Crippen LogP contribution in [-0.4, -0.2) is 21.0 Å². The summed E-state index contributed by atoms with van der Waals surface area (Å²) in [5, 5.41) is 3.32. The van der Waals surface area contributed by atoms with Crippen LogP contribution in [0.5, 0.6) is 0 Å². The van der Waals surface area contributed by atoms with Crippen LogP contribution < -0.4 is 11.1 Å². The molecule has 0 saturated heterocycles. The molecule has 0 aliphatic heterocycles. The van der Waals surface area contributed by atoms with Crippen molar-refractivity contribution in [3.8, 4) is 0 Å². The van der Waals surface area contributed by atoms with E-state index in [0.717, 1.165) is 18.2 Å². The van der Waals surface area contributed by atoms with E-state index in [1.807, 2.05) is 0 Å². The molecule has 1 atom stereocenters. The third kappa shape index (κ3) is 5.40. The molecule has 4 nitrogen and oxygen atoms in total. The van der Waals surface area contributed by atoms with Gasteiger partial charge in [-0.1, -0.05) is 38.9 Å². The highest BCUT2D eigenvalue weighted by Gasteiger charge is 2.05. The lowest BCUT2D eigenvalue weighted by Crippen LogP contribution is -2.17. The number of nitrogens with one attached hydrogen (secondary N) is 1. The molecular weight excluding hydrogens is 244 g/mol. The number of rotatable bonds is 7. The van der Waals surface area contributed by atoms with Crippen molar-refractivity contribution in [2.45, 2.75) is 46.1 Å². The second-order valence-corrected chi connectivity index (χ2v) is 5.46. The van der Waals surface area contributed by atoms with Crippen molar-refractivity contribution < 1.29 is 0 Å². The minimum atomic E-state index is 0.277. The van der Waals surface area contributed by atoms with Gasteiger partial charge < -0.3 is 11.1 Å². The van der Waals surface area contributed by atoms with Crippen LogP contribution >= 0.6 is 12.2 Å². The van der Waals surface area contributed by atoms with Crippen molar-refractivity contribution in [2.75, 3.05) is 5.32 Å². The Hall–Kier alpha value is -1.23. The smallest absolute Gasteiger partial charge is 0.144 e. The number of aromatic nitrogens is 2. The van der Waals surface area contributed by atoms with Gasteiger partial charge in [0.1, 0.15) is 16.5 Å². The third-order valence-electron chi connectivity index (χ3n) is 2.72. The van der Waals surface area contributed by atoms with Gasteiger partial charge >= 0.3 is 0 Å². The molecule has 0 aromatic carbocycles. The zero-order chi connectivity index (χ0) is 13.5. The van der Waals surface area contributed by atoms with Gasteiger partial charge in [0, 0.05) is 6.04 Å². The Balaban J connectivity index is 2.39. The fourth-order valence-corrected chi connectivity index (χ4v) is 1.79. The zero-order valence-corrected chi connectivity index (χ0v) is 12.1. The Labute approximate surface area is 114 Å². The fraction of sp³-hybridized carbons (Fsp3) is 0.615. The van der Waals surface area contributed by atoms with E-state index in [-0.39, 0.29) is 4.99 Å². The molecule has 0 fully saturated rings. The van der Waals surface area contributed by atoms with E-state index in [0.29, 0.717) is 11.7 Å². The normalized spacial score (nSPS) is 12.4. The maximum absolute atomic E-state index is 5.47. The van der Waals surface area contributed by atoms with Gasteiger partial charge in [-0.2, -0.15) is 0 Å². The minimum absolute atomic E-state index is 0.277. The average molecular weight is 266 g/mol. The predicted molar refractivity (Wildman–Crippen MR) is 79.7 cm³/mol. The Morgan fingerprint density at radius 2 is 2.00 bits per heavy atom. The summed E-state index contributed by atoms with van der Waals surface area (Å²) in [5.74, 6) is 1.54. The van der Waals surface area contributed by atoms with Crippen LogP contribution in [0.3, 0.4) is 0 Å². The van der Waals surface area contributed by atoms with Crippen molar-refractivity contribution in [1.82, 2.24) is 9.97 Å². The molecule has 18 heavy (non-hydrogen) atoms. The summed E-state index contributed by atoms with van der Waals surface area (Å²) >= 11 is 4.83. The van der Waals surface area contributed by atoms with Crippen molar-refractivity contribution >= 4 is 23.0 Å². The first-order valence-electron chi connectivity index (χ1n) is 6.37. The summed E-state index contributed by atoms with van der Waals surface area (Å²) in [6, 6.07) is 0.397. The summed E-state index contributed by atoms with van der Waals surface area (Å²) in [4.78, 5) is 8.67. The van der Waals surface area contributed by atoms with Crippen LogP contribution in [0.4, 0.5) is 5.82 Å². The van der Waals surface area contributed by atoms with Crippen LogP contribution in [-0.2, 0) is 0 Å². The predicted octanol–water partition coefficient (Wildman–Crippen LogP) is 2.74. The summed E-state index contributed by atoms with van der Waals surface area (Å²) < 4.78 is 0. The fourth-order valence-electron chi connectivity index (χ4n) is 1.69. The van der Waals surface area contributed by atoms with Gasteiger partial charge in [0.05, 0.1) is 12.4 Å². The molecule has 100 valence electrons. The first-order valence-corrected chi connectivity index (χ1v) is 6.78. The number of hydrogen-bond donors (Lipinski definition) is 2. The lowest BCUT2D eigenvalue weighted by atomic mass is 10.0. The minimum Gasteiger partial charge on any atom is -0.388 e. The molecular formula is C13H22N4S. The van der Waals surface area contributed by atoms with Crippen molar-refractivity contribution in [1.29, 1.82) is 0 Å². The van der Waals surface area contributed by atoms with Crippen molar-refractivity contribution in [3.05, 3.63) is 18.1 Å². The number of thiocarbonyl (C=S) groups is 1. The molecule has 1 aromatic heterocycles. The largest absolute Gasteiger partial charge is 0.388 e.